The summed E-state index contributed by atoms with van der Waals surface area (Å²) in [4.78, 5) is 27.3. The first-order valence-electron chi connectivity index (χ1n) is 10.1. The van der Waals surface area contributed by atoms with Crippen molar-refractivity contribution in [2.75, 3.05) is 23.7 Å². The van der Waals surface area contributed by atoms with Crippen LogP contribution in [-0.2, 0) is 26.2 Å². The van der Waals surface area contributed by atoms with E-state index < -0.39 is 34.3 Å². The van der Waals surface area contributed by atoms with Crippen LogP contribution in [0.3, 0.4) is 0 Å². The van der Waals surface area contributed by atoms with Gasteiger partial charge in [-0.05, 0) is 55.3 Å². The second-order valence-corrected chi connectivity index (χ2v) is 9.56. The molecule has 0 saturated carbocycles. The Morgan fingerprint density at radius 1 is 1.06 bits per heavy atom. The van der Waals surface area contributed by atoms with Crippen molar-refractivity contribution in [3.8, 4) is 0 Å². The Labute approximate surface area is 193 Å². The summed E-state index contributed by atoms with van der Waals surface area (Å²) in [5.74, 6) is -1.33. The average molecular weight is 484 g/mol. The molecule has 0 spiro atoms. The Bertz CT molecular complexity index is 1030. The molecule has 0 radical (unpaired) electrons. The summed E-state index contributed by atoms with van der Waals surface area (Å²) in [5, 5.41) is 3.13. The highest BCUT2D eigenvalue weighted by atomic mass is 35.5. The molecule has 7 nitrogen and oxygen atoms in total. The molecule has 0 heterocycles. The highest BCUT2D eigenvalue weighted by molar-refractivity contribution is 7.92. The lowest BCUT2D eigenvalue weighted by atomic mass is 10.1. The maximum Gasteiger partial charge on any atom is 0.244 e. The van der Waals surface area contributed by atoms with Crippen LogP contribution in [0.1, 0.15) is 25.8 Å². The third-order valence-corrected chi connectivity index (χ3v) is 6.19. The SMILES string of the molecule is CCNC(=O)[C@H](CC)N(Cc1ccc(F)cc1)C(=O)CN(c1ccc(Cl)cc1)S(C)(=O)=O. The summed E-state index contributed by atoms with van der Waals surface area (Å²) < 4.78 is 39.2. The van der Waals surface area contributed by atoms with E-state index in [0.717, 1.165) is 10.6 Å². The van der Waals surface area contributed by atoms with Gasteiger partial charge in [-0.25, -0.2) is 12.8 Å². The van der Waals surface area contributed by atoms with Crippen LogP contribution in [0.5, 0.6) is 0 Å². The van der Waals surface area contributed by atoms with Gasteiger partial charge < -0.3 is 10.2 Å². The number of benzene rings is 2. The molecule has 2 rings (SSSR count). The fraction of sp³-hybridized carbons (Fsp3) is 0.364. The zero-order chi connectivity index (χ0) is 23.9. The summed E-state index contributed by atoms with van der Waals surface area (Å²) >= 11 is 5.90. The topological polar surface area (TPSA) is 86.8 Å². The first-order chi connectivity index (χ1) is 15.1. The van der Waals surface area contributed by atoms with Gasteiger partial charge in [0.2, 0.25) is 21.8 Å². The Morgan fingerprint density at radius 2 is 1.66 bits per heavy atom. The van der Waals surface area contributed by atoms with Crippen molar-refractivity contribution in [3.05, 3.63) is 64.9 Å². The molecule has 2 aromatic carbocycles. The number of amides is 2. The number of halogens is 2. The molecule has 174 valence electrons. The molecular weight excluding hydrogens is 457 g/mol. The summed E-state index contributed by atoms with van der Waals surface area (Å²) in [5.41, 5.74) is 0.887. The maximum absolute atomic E-state index is 13.4. The van der Waals surface area contributed by atoms with Gasteiger partial charge in [-0.15, -0.1) is 0 Å². The molecule has 1 N–H and O–H groups in total. The largest absolute Gasteiger partial charge is 0.355 e. The van der Waals surface area contributed by atoms with Crippen molar-refractivity contribution in [2.24, 2.45) is 0 Å². The standard InChI is InChI=1S/C22H27ClFN3O4S/c1-4-20(22(29)25-5-2)26(14-16-6-10-18(24)11-7-16)21(28)15-27(32(3,30)31)19-12-8-17(23)9-13-19/h6-13,20H,4-5,14-15H2,1-3H3,(H,25,29)/t20-/m0/s1. The Morgan fingerprint density at radius 3 is 2.16 bits per heavy atom. The second kappa shape index (κ2) is 11.3. The van der Waals surface area contributed by atoms with E-state index >= 15 is 0 Å². The monoisotopic (exact) mass is 483 g/mol. The van der Waals surface area contributed by atoms with Crippen LogP contribution in [0.4, 0.5) is 10.1 Å². The summed E-state index contributed by atoms with van der Waals surface area (Å²) in [6, 6.07) is 10.8. The lowest BCUT2D eigenvalue weighted by molar-refractivity contribution is -0.140. The molecule has 10 heteroatoms. The third-order valence-electron chi connectivity index (χ3n) is 4.80. The van der Waals surface area contributed by atoms with Gasteiger partial charge in [0.25, 0.3) is 0 Å². The zero-order valence-electron chi connectivity index (χ0n) is 18.2. The number of likely N-dealkylation sites (N-methyl/N-ethyl adjacent to an activating group) is 1. The molecule has 0 bridgehead atoms. The third kappa shape index (κ3) is 6.93. The van der Waals surface area contributed by atoms with Crippen LogP contribution in [0.2, 0.25) is 5.02 Å². The van der Waals surface area contributed by atoms with E-state index in [1.54, 1.807) is 13.8 Å². The molecule has 0 aromatic heterocycles. The maximum atomic E-state index is 13.4. The number of sulfonamides is 1. The van der Waals surface area contributed by atoms with Crippen molar-refractivity contribution < 1.29 is 22.4 Å². The summed E-state index contributed by atoms with van der Waals surface area (Å²) in [7, 11) is -3.81. The van der Waals surface area contributed by atoms with Gasteiger partial charge in [0.1, 0.15) is 18.4 Å². The number of carbonyl (C=O) groups excluding carboxylic acids is 2. The minimum atomic E-state index is -3.81. The number of carbonyl (C=O) groups is 2. The summed E-state index contributed by atoms with van der Waals surface area (Å²) in [6.45, 7) is 3.43. The Hall–Kier alpha value is -2.65. The predicted octanol–water partition coefficient (Wildman–Crippen LogP) is 3.19. The zero-order valence-corrected chi connectivity index (χ0v) is 19.8. The van der Waals surface area contributed by atoms with E-state index in [1.807, 2.05) is 0 Å². The van der Waals surface area contributed by atoms with E-state index in [-0.39, 0.29) is 18.1 Å². The van der Waals surface area contributed by atoms with Crippen LogP contribution in [-0.4, -0.2) is 50.5 Å². The Kier molecular flexibility index (Phi) is 9.03. The highest BCUT2D eigenvalue weighted by Crippen LogP contribution is 2.22. The van der Waals surface area contributed by atoms with E-state index in [0.29, 0.717) is 23.6 Å². The van der Waals surface area contributed by atoms with E-state index in [1.165, 1.54) is 53.4 Å². The number of rotatable bonds is 10. The fourth-order valence-electron chi connectivity index (χ4n) is 3.22. The second-order valence-electron chi connectivity index (χ2n) is 7.21. The number of hydrogen-bond acceptors (Lipinski definition) is 4. The van der Waals surface area contributed by atoms with Crippen molar-refractivity contribution in [3.63, 3.8) is 0 Å². The number of anilines is 1. The van der Waals surface area contributed by atoms with Crippen LogP contribution in [0.25, 0.3) is 0 Å². The molecule has 32 heavy (non-hydrogen) atoms. The normalized spacial score (nSPS) is 12.2. The molecular formula is C22H27ClFN3O4S. The summed E-state index contributed by atoms with van der Waals surface area (Å²) in [6.07, 6.45) is 1.32. The average Bonchev–Trinajstić information content (AvgIpc) is 2.73. The van der Waals surface area contributed by atoms with Crippen LogP contribution >= 0.6 is 11.6 Å². The number of nitrogens with zero attached hydrogens (tertiary/aromatic N) is 2. The molecule has 0 fully saturated rings. The minimum Gasteiger partial charge on any atom is -0.355 e. The molecule has 0 aliphatic heterocycles. The van der Waals surface area contributed by atoms with Crippen molar-refractivity contribution in [1.82, 2.24) is 10.2 Å². The van der Waals surface area contributed by atoms with Crippen molar-refractivity contribution in [2.45, 2.75) is 32.9 Å². The quantitative estimate of drug-likeness (QED) is 0.562. The van der Waals surface area contributed by atoms with E-state index in [9.17, 15) is 22.4 Å². The molecule has 2 amide bonds. The molecule has 1 atom stereocenters. The molecule has 0 aliphatic rings. The van der Waals surface area contributed by atoms with Crippen molar-refractivity contribution in [1.29, 1.82) is 0 Å². The highest BCUT2D eigenvalue weighted by Gasteiger charge is 2.31. The smallest absolute Gasteiger partial charge is 0.244 e. The van der Waals surface area contributed by atoms with Gasteiger partial charge >= 0.3 is 0 Å². The molecule has 0 unspecified atom stereocenters. The van der Waals surface area contributed by atoms with Crippen molar-refractivity contribution >= 4 is 39.1 Å². The fourth-order valence-corrected chi connectivity index (χ4v) is 4.19. The van der Waals surface area contributed by atoms with Gasteiger partial charge in [0.15, 0.2) is 0 Å². The number of hydrogen-bond donors (Lipinski definition) is 1. The molecule has 0 aliphatic carbocycles. The molecule has 2 aromatic rings. The Balaban J connectivity index is 2.40. The van der Waals surface area contributed by atoms with Crippen LogP contribution < -0.4 is 9.62 Å². The van der Waals surface area contributed by atoms with Gasteiger partial charge in [0, 0.05) is 18.1 Å². The van der Waals surface area contributed by atoms with Gasteiger partial charge in [-0.1, -0.05) is 30.7 Å². The minimum absolute atomic E-state index is 0.0208. The van der Waals surface area contributed by atoms with Gasteiger partial charge in [-0.2, -0.15) is 0 Å². The van der Waals surface area contributed by atoms with Crippen LogP contribution in [0, 0.1) is 5.82 Å². The lowest BCUT2D eigenvalue weighted by Crippen LogP contribution is -2.52. The van der Waals surface area contributed by atoms with Gasteiger partial charge in [-0.3, -0.25) is 13.9 Å². The first-order valence-corrected chi connectivity index (χ1v) is 12.3. The predicted molar refractivity (Wildman–Crippen MR) is 123 cm³/mol. The first kappa shape index (κ1) is 25.6. The van der Waals surface area contributed by atoms with Gasteiger partial charge in [0.05, 0.1) is 11.9 Å². The molecule has 0 saturated heterocycles. The van der Waals surface area contributed by atoms with Crippen LogP contribution in [0.15, 0.2) is 48.5 Å². The lowest BCUT2D eigenvalue weighted by Gasteiger charge is -2.32. The van der Waals surface area contributed by atoms with E-state index in [2.05, 4.69) is 5.32 Å². The van der Waals surface area contributed by atoms with E-state index in [4.69, 9.17) is 11.6 Å². The number of nitrogens with one attached hydrogen (secondary N) is 1.